The molecule has 1 N–H and O–H groups in total. The van der Waals surface area contributed by atoms with Gasteiger partial charge < -0.3 is 19.0 Å². The van der Waals surface area contributed by atoms with E-state index in [9.17, 15) is 9.90 Å². The average Bonchev–Trinajstić information content (AvgIpc) is 3.16. The Morgan fingerprint density at radius 2 is 2.26 bits per heavy atom. The van der Waals surface area contributed by atoms with E-state index < -0.39 is 6.10 Å². The summed E-state index contributed by atoms with van der Waals surface area (Å²) in [6.07, 6.45) is 9.33. The predicted octanol–water partition coefficient (Wildman–Crippen LogP) is 3.13. The van der Waals surface area contributed by atoms with Crippen LogP contribution in [-0.2, 0) is 7.05 Å². The van der Waals surface area contributed by atoms with Gasteiger partial charge in [-0.1, -0.05) is 12.8 Å². The van der Waals surface area contributed by atoms with Crippen molar-refractivity contribution in [1.82, 2.24) is 9.47 Å². The number of furan rings is 1. The van der Waals surface area contributed by atoms with E-state index in [1.165, 1.54) is 0 Å². The van der Waals surface area contributed by atoms with Gasteiger partial charge in [-0.25, -0.2) is 0 Å². The molecule has 23 heavy (non-hydrogen) atoms. The van der Waals surface area contributed by atoms with Gasteiger partial charge in [0.25, 0.3) is 5.91 Å². The third-order valence-electron chi connectivity index (χ3n) is 4.58. The first kappa shape index (κ1) is 15.9. The van der Waals surface area contributed by atoms with Crippen molar-refractivity contribution in [2.24, 2.45) is 7.05 Å². The molecule has 5 nitrogen and oxygen atoms in total. The molecule has 0 aromatic carbocycles. The molecule has 2 aromatic heterocycles. The molecule has 0 saturated carbocycles. The van der Waals surface area contributed by atoms with Crippen molar-refractivity contribution in [2.75, 3.05) is 6.54 Å². The third-order valence-corrected chi connectivity index (χ3v) is 4.58. The highest BCUT2D eigenvalue weighted by atomic mass is 16.4. The summed E-state index contributed by atoms with van der Waals surface area (Å²) in [6, 6.07) is 5.46. The maximum absolute atomic E-state index is 12.9. The summed E-state index contributed by atoms with van der Waals surface area (Å²) in [5.41, 5.74) is 0.715. The lowest BCUT2D eigenvalue weighted by Gasteiger charge is -2.31. The van der Waals surface area contributed by atoms with Crippen LogP contribution in [0.1, 0.15) is 54.3 Å². The van der Waals surface area contributed by atoms with Gasteiger partial charge in [0.05, 0.1) is 11.8 Å². The van der Waals surface area contributed by atoms with Gasteiger partial charge >= 0.3 is 0 Å². The van der Waals surface area contributed by atoms with Crippen molar-refractivity contribution in [3.63, 3.8) is 0 Å². The standard InChI is InChI=1S/C18H24N2O3/c1-19-10-8-14(13-19)18(22)20-9-4-2-3-6-15(20)12-16(21)17-7-5-11-23-17/h5,7-8,10-11,13,15-16,21H,2-4,6,9,12H2,1H3/t15-,16+/m0/s1. The van der Waals surface area contributed by atoms with Gasteiger partial charge in [0.15, 0.2) is 0 Å². The van der Waals surface area contributed by atoms with Crippen LogP contribution in [0.25, 0.3) is 0 Å². The highest BCUT2D eigenvalue weighted by Crippen LogP contribution is 2.27. The number of carbonyl (C=O) groups is 1. The number of aliphatic hydroxyl groups is 1. The Kier molecular flexibility index (Phi) is 4.86. The van der Waals surface area contributed by atoms with Crippen LogP contribution in [0.3, 0.4) is 0 Å². The molecule has 0 radical (unpaired) electrons. The number of carbonyl (C=O) groups excluding carboxylic acids is 1. The minimum atomic E-state index is -0.667. The zero-order valence-corrected chi connectivity index (χ0v) is 13.5. The predicted molar refractivity (Wildman–Crippen MR) is 87.0 cm³/mol. The lowest BCUT2D eigenvalue weighted by molar-refractivity contribution is 0.0557. The summed E-state index contributed by atoms with van der Waals surface area (Å²) < 4.78 is 7.18. The highest BCUT2D eigenvalue weighted by Gasteiger charge is 2.29. The number of rotatable bonds is 4. The molecule has 0 unspecified atom stereocenters. The number of hydrogen-bond acceptors (Lipinski definition) is 3. The van der Waals surface area contributed by atoms with Gasteiger partial charge in [0.1, 0.15) is 11.9 Å². The number of aliphatic hydroxyl groups excluding tert-OH is 1. The van der Waals surface area contributed by atoms with E-state index >= 15 is 0 Å². The topological polar surface area (TPSA) is 58.6 Å². The van der Waals surface area contributed by atoms with Gasteiger partial charge in [-0.2, -0.15) is 0 Å². The normalized spacial score (nSPS) is 20.3. The summed E-state index contributed by atoms with van der Waals surface area (Å²) in [4.78, 5) is 14.8. The van der Waals surface area contributed by atoms with Crippen molar-refractivity contribution in [2.45, 2.75) is 44.2 Å². The smallest absolute Gasteiger partial charge is 0.255 e. The second-order valence-corrected chi connectivity index (χ2v) is 6.33. The first-order valence-electron chi connectivity index (χ1n) is 8.29. The number of aryl methyl sites for hydroxylation is 1. The monoisotopic (exact) mass is 316 g/mol. The molecule has 1 saturated heterocycles. The Balaban J connectivity index is 1.75. The fourth-order valence-electron chi connectivity index (χ4n) is 3.34. The zero-order chi connectivity index (χ0) is 16.2. The van der Waals surface area contributed by atoms with Crippen LogP contribution in [0.15, 0.2) is 41.3 Å². The van der Waals surface area contributed by atoms with Crippen molar-refractivity contribution >= 4 is 5.91 Å². The first-order valence-corrected chi connectivity index (χ1v) is 8.29. The molecular formula is C18H24N2O3. The van der Waals surface area contributed by atoms with Gasteiger partial charge in [-0.15, -0.1) is 0 Å². The quantitative estimate of drug-likeness (QED) is 0.943. The SMILES string of the molecule is Cn1ccc(C(=O)N2CCCCC[C@H]2C[C@@H](O)c2ccco2)c1. The number of likely N-dealkylation sites (tertiary alicyclic amines) is 1. The second-order valence-electron chi connectivity index (χ2n) is 6.33. The lowest BCUT2D eigenvalue weighted by Crippen LogP contribution is -2.40. The molecule has 0 bridgehead atoms. The Morgan fingerprint density at radius 3 is 2.96 bits per heavy atom. The van der Waals surface area contributed by atoms with Crippen LogP contribution < -0.4 is 0 Å². The summed E-state index contributed by atoms with van der Waals surface area (Å²) in [7, 11) is 1.91. The van der Waals surface area contributed by atoms with Crippen LogP contribution in [0, 0.1) is 0 Å². The molecule has 124 valence electrons. The van der Waals surface area contributed by atoms with Gasteiger partial charge in [-0.3, -0.25) is 4.79 Å². The van der Waals surface area contributed by atoms with E-state index in [0.717, 1.165) is 32.2 Å². The molecule has 5 heteroatoms. The molecule has 2 aromatic rings. The maximum Gasteiger partial charge on any atom is 0.255 e. The maximum atomic E-state index is 12.9. The van der Waals surface area contributed by atoms with Crippen molar-refractivity contribution in [1.29, 1.82) is 0 Å². The minimum Gasteiger partial charge on any atom is -0.467 e. The molecule has 0 aliphatic carbocycles. The summed E-state index contributed by atoms with van der Waals surface area (Å²) in [5, 5.41) is 10.4. The largest absolute Gasteiger partial charge is 0.467 e. The molecule has 1 aliphatic rings. The van der Waals surface area contributed by atoms with E-state index in [2.05, 4.69) is 0 Å². The van der Waals surface area contributed by atoms with Crippen molar-refractivity contribution in [3.8, 4) is 0 Å². The number of nitrogens with zero attached hydrogens (tertiary/aromatic N) is 2. The molecule has 2 atom stereocenters. The molecule has 1 amide bonds. The Labute approximate surface area is 136 Å². The molecular weight excluding hydrogens is 292 g/mol. The summed E-state index contributed by atoms with van der Waals surface area (Å²) in [5.74, 6) is 0.630. The van der Waals surface area contributed by atoms with E-state index in [-0.39, 0.29) is 11.9 Å². The second kappa shape index (κ2) is 7.04. The van der Waals surface area contributed by atoms with E-state index in [1.54, 1.807) is 18.4 Å². The van der Waals surface area contributed by atoms with Crippen LogP contribution >= 0.6 is 0 Å². The Bertz CT molecular complexity index is 632. The van der Waals surface area contributed by atoms with Crippen molar-refractivity contribution < 1.29 is 14.3 Å². The third kappa shape index (κ3) is 3.67. The molecule has 1 fully saturated rings. The van der Waals surface area contributed by atoms with E-state index in [0.29, 0.717) is 17.7 Å². The van der Waals surface area contributed by atoms with E-state index in [4.69, 9.17) is 4.42 Å². The fraction of sp³-hybridized carbons (Fsp3) is 0.500. The van der Waals surface area contributed by atoms with Crippen LogP contribution in [0.5, 0.6) is 0 Å². The summed E-state index contributed by atoms with van der Waals surface area (Å²) >= 11 is 0. The molecule has 3 rings (SSSR count). The number of hydrogen-bond donors (Lipinski definition) is 1. The lowest BCUT2D eigenvalue weighted by atomic mass is 10.0. The highest BCUT2D eigenvalue weighted by molar-refractivity contribution is 5.94. The Hall–Kier alpha value is -2.01. The molecule has 1 aliphatic heterocycles. The van der Waals surface area contributed by atoms with Gasteiger partial charge in [0.2, 0.25) is 0 Å². The van der Waals surface area contributed by atoms with Gasteiger partial charge in [-0.05, 0) is 31.0 Å². The van der Waals surface area contributed by atoms with Crippen LogP contribution in [-0.4, -0.2) is 33.1 Å². The fourth-order valence-corrected chi connectivity index (χ4v) is 3.34. The van der Waals surface area contributed by atoms with Gasteiger partial charge in [0, 0.05) is 38.4 Å². The molecule has 0 spiro atoms. The zero-order valence-electron chi connectivity index (χ0n) is 13.5. The number of aromatic nitrogens is 1. The Morgan fingerprint density at radius 1 is 1.39 bits per heavy atom. The minimum absolute atomic E-state index is 0.0466. The molecule has 3 heterocycles. The van der Waals surface area contributed by atoms with Crippen molar-refractivity contribution in [3.05, 3.63) is 48.2 Å². The average molecular weight is 316 g/mol. The first-order chi connectivity index (χ1) is 11.1. The summed E-state index contributed by atoms with van der Waals surface area (Å²) in [6.45, 7) is 0.753. The number of amides is 1. The van der Waals surface area contributed by atoms with E-state index in [1.807, 2.05) is 35.0 Å². The van der Waals surface area contributed by atoms with Crippen LogP contribution in [0.2, 0.25) is 0 Å². The van der Waals surface area contributed by atoms with Crippen LogP contribution in [0.4, 0.5) is 0 Å².